The van der Waals surface area contributed by atoms with Crippen LogP contribution in [-0.2, 0) is 22.4 Å². The molecule has 1 heterocycles. The average Bonchev–Trinajstić information content (AvgIpc) is 3.27. The molecule has 1 N–H and O–H groups in total. The Morgan fingerprint density at radius 3 is 1.82 bits per heavy atom. The van der Waals surface area contributed by atoms with Crippen LogP contribution in [0.25, 0.3) is 11.6 Å². The molecule has 0 spiro atoms. The quantitative estimate of drug-likeness (QED) is 0.118. The Hall–Kier alpha value is -4.12. The second-order valence-corrected chi connectivity index (χ2v) is 9.64. The van der Waals surface area contributed by atoms with Gasteiger partial charge in [0.05, 0.1) is 5.57 Å². The first-order valence-corrected chi connectivity index (χ1v) is 13.2. The predicted octanol–water partition coefficient (Wildman–Crippen LogP) is 6.89. The fraction of sp³-hybridized carbons (Fsp3) is 0.242. The van der Waals surface area contributed by atoms with Crippen LogP contribution < -0.4 is 5.32 Å². The number of amides is 2. The molecule has 4 nitrogen and oxygen atoms in total. The molecule has 38 heavy (non-hydrogen) atoms. The van der Waals surface area contributed by atoms with Gasteiger partial charge in [0.25, 0.3) is 11.8 Å². The van der Waals surface area contributed by atoms with Crippen LogP contribution in [0.4, 0.5) is 4.39 Å². The molecule has 2 amide bonds. The standard InChI is InChI=1S/C33H32FNO3/c34-29-20-18-28(19-21-29)31(36)22-15-26-11-9-24(10-12-26)7-5-3-1-2-4-6-8-25-13-16-27(17-14-25)30-23-32(37)35-33(30)38/h9-23H,1-8H2,(H,35,37,38). The van der Waals surface area contributed by atoms with Gasteiger partial charge in [0.1, 0.15) is 5.82 Å². The molecule has 0 unspecified atom stereocenters. The molecule has 4 rings (SSSR count). The number of aryl methyl sites for hydroxylation is 2. The lowest BCUT2D eigenvalue weighted by Crippen LogP contribution is -2.21. The summed E-state index contributed by atoms with van der Waals surface area (Å²) in [4.78, 5) is 35.3. The van der Waals surface area contributed by atoms with Crippen molar-refractivity contribution >= 4 is 29.2 Å². The third kappa shape index (κ3) is 7.94. The molecule has 0 bridgehead atoms. The highest BCUT2D eigenvalue weighted by Gasteiger charge is 2.21. The molecule has 0 saturated carbocycles. The van der Waals surface area contributed by atoms with Gasteiger partial charge in [-0.1, -0.05) is 80.3 Å². The first-order valence-electron chi connectivity index (χ1n) is 13.2. The normalized spacial score (nSPS) is 13.1. The third-order valence-electron chi connectivity index (χ3n) is 6.74. The molecule has 194 valence electrons. The van der Waals surface area contributed by atoms with E-state index < -0.39 is 0 Å². The van der Waals surface area contributed by atoms with E-state index in [0.29, 0.717) is 11.1 Å². The van der Waals surface area contributed by atoms with Crippen molar-refractivity contribution in [1.82, 2.24) is 5.32 Å². The van der Waals surface area contributed by atoms with E-state index >= 15 is 0 Å². The Kier molecular flexibility index (Phi) is 9.52. The van der Waals surface area contributed by atoms with Gasteiger partial charge in [-0.2, -0.15) is 0 Å². The summed E-state index contributed by atoms with van der Waals surface area (Å²) in [6, 6.07) is 21.7. The molecule has 0 fully saturated rings. The number of rotatable bonds is 13. The van der Waals surface area contributed by atoms with E-state index in [-0.39, 0.29) is 23.4 Å². The molecule has 5 heteroatoms. The highest BCUT2D eigenvalue weighted by molar-refractivity contribution is 6.33. The highest BCUT2D eigenvalue weighted by Crippen LogP contribution is 2.20. The number of nitrogens with one attached hydrogen (secondary N) is 1. The van der Waals surface area contributed by atoms with Gasteiger partial charge in [0, 0.05) is 11.6 Å². The van der Waals surface area contributed by atoms with Crippen LogP contribution in [0.1, 0.15) is 71.1 Å². The van der Waals surface area contributed by atoms with Crippen molar-refractivity contribution in [3.05, 3.63) is 119 Å². The summed E-state index contributed by atoms with van der Waals surface area (Å²) in [7, 11) is 0. The number of carbonyl (C=O) groups excluding carboxylic acids is 3. The van der Waals surface area contributed by atoms with E-state index in [1.54, 1.807) is 6.08 Å². The summed E-state index contributed by atoms with van der Waals surface area (Å²) in [5.74, 6) is -1.17. The average molecular weight is 510 g/mol. The maximum atomic E-state index is 13.0. The first-order chi connectivity index (χ1) is 18.5. The van der Waals surface area contributed by atoms with Crippen LogP contribution in [0.3, 0.4) is 0 Å². The molecule has 0 atom stereocenters. The van der Waals surface area contributed by atoms with Crippen molar-refractivity contribution in [2.24, 2.45) is 0 Å². The summed E-state index contributed by atoms with van der Waals surface area (Å²) in [6.45, 7) is 0. The molecule has 1 aliphatic heterocycles. The van der Waals surface area contributed by atoms with Gasteiger partial charge in [-0.25, -0.2) is 4.39 Å². The zero-order valence-electron chi connectivity index (χ0n) is 21.4. The smallest absolute Gasteiger partial charge is 0.258 e. The fourth-order valence-corrected chi connectivity index (χ4v) is 4.52. The van der Waals surface area contributed by atoms with E-state index in [1.165, 1.54) is 73.2 Å². The summed E-state index contributed by atoms with van der Waals surface area (Å²) < 4.78 is 13.0. The van der Waals surface area contributed by atoms with Crippen molar-refractivity contribution in [3.8, 4) is 0 Å². The number of unbranched alkanes of at least 4 members (excludes halogenated alkanes) is 5. The number of hydrogen-bond donors (Lipinski definition) is 1. The Morgan fingerprint density at radius 1 is 0.711 bits per heavy atom. The van der Waals surface area contributed by atoms with Gasteiger partial charge in [-0.15, -0.1) is 0 Å². The lowest BCUT2D eigenvalue weighted by atomic mass is 10.00. The lowest BCUT2D eigenvalue weighted by Gasteiger charge is -2.05. The monoisotopic (exact) mass is 509 g/mol. The number of ketones is 1. The molecule has 1 aliphatic rings. The highest BCUT2D eigenvalue weighted by atomic mass is 19.1. The number of allylic oxidation sites excluding steroid dienone is 1. The van der Waals surface area contributed by atoms with Crippen LogP contribution in [0.2, 0.25) is 0 Å². The number of halogens is 1. The van der Waals surface area contributed by atoms with E-state index in [9.17, 15) is 18.8 Å². The minimum absolute atomic E-state index is 0.140. The van der Waals surface area contributed by atoms with Gasteiger partial charge < -0.3 is 0 Å². The minimum atomic E-state index is -0.352. The van der Waals surface area contributed by atoms with Gasteiger partial charge in [-0.05, 0) is 78.3 Å². The number of carbonyl (C=O) groups is 3. The summed E-state index contributed by atoms with van der Waals surface area (Å²) >= 11 is 0. The maximum Gasteiger partial charge on any atom is 0.258 e. The van der Waals surface area contributed by atoms with Crippen molar-refractivity contribution in [1.29, 1.82) is 0 Å². The minimum Gasteiger partial charge on any atom is -0.289 e. The Bertz CT molecular complexity index is 1320. The summed E-state index contributed by atoms with van der Waals surface area (Å²) in [5, 5.41) is 2.28. The number of imide groups is 1. The predicted molar refractivity (Wildman–Crippen MR) is 149 cm³/mol. The number of benzene rings is 3. The lowest BCUT2D eigenvalue weighted by molar-refractivity contribution is -0.123. The fourth-order valence-electron chi connectivity index (χ4n) is 4.52. The van der Waals surface area contributed by atoms with Gasteiger partial charge >= 0.3 is 0 Å². The number of hydrogen-bond acceptors (Lipinski definition) is 3. The molecule has 0 radical (unpaired) electrons. The van der Waals surface area contributed by atoms with Gasteiger partial charge in [0.2, 0.25) is 0 Å². The Labute approximate surface area is 223 Å². The van der Waals surface area contributed by atoms with Gasteiger partial charge in [-0.3, -0.25) is 19.7 Å². The summed E-state index contributed by atoms with van der Waals surface area (Å²) in [5.41, 5.74) is 5.20. The molecular formula is C33H32FNO3. The molecule has 3 aromatic rings. The molecule has 0 aromatic heterocycles. The summed E-state index contributed by atoms with van der Waals surface area (Å²) in [6.07, 6.45) is 13.9. The van der Waals surface area contributed by atoms with Crippen molar-refractivity contribution < 1.29 is 18.8 Å². The van der Waals surface area contributed by atoms with Crippen LogP contribution >= 0.6 is 0 Å². The first kappa shape index (κ1) is 26.9. The largest absolute Gasteiger partial charge is 0.289 e. The molecule has 0 aliphatic carbocycles. The zero-order valence-corrected chi connectivity index (χ0v) is 21.4. The van der Waals surface area contributed by atoms with Crippen LogP contribution in [0.5, 0.6) is 0 Å². The Morgan fingerprint density at radius 2 is 1.26 bits per heavy atom. The van der Waals surface area contributed by atoms with E-state index in [1.807, 2.05) is 36.4 Å². The molecular weight excluding hydrogens is 477 g/mol. The SMILES string of the molecule is O=C1C=C(c2ccc(CCCCCCCCc3ccc(C=CC(=O)c4ccc(F)cc4)cc3)cc2)C(=O)N1. The van der Waals surface area contributed by atoms with Crippen LogP contribution in [0.15, 0.2) is 84.9 Å². The molecule has 3 aromatic carbocycles. The second kappa shape index (κ2) is 13.4. The topological polar surface area (TPSA) is 63.2 Å². The van der Waals surface area contributed by atoms with Crippen LogP contribution in [-0.4, -0.2) is 17.6 Å². The van der Waals surface area contributed by atoms with Crippen molar-refractivity contribution in [2.45, 2.75) is 51.4 Å². The zero-order chi connectivity index (χ0) is 26.7. The third-order valence-corrected chi connectivity index (χ3v) is 6.74. The van der Waals surface area contributed by atoms with Crippen molar-refractivity contribution in [2.75, 3.05) is 0 Å². The Balaban J connectivity index is 1.08. The van der Waals surface area contributed by atoms with Gasteiger partial charge in [0.15, 0.2) is 5.78 Å². The van der Waals surface area contributed by atoms with Crippen molar-refractivity contribution in [3.63, 3.8) is 0 Å². The van der Waals surface area contributed by atoms with E-state index in [4.69, 9.17) is 0 Å². The van der Waals surface area contributed by atoms with E-state index in [2.05, 4.69) is 17.4 Å². The van der Waals surface area contributed by atoms with E-state index in [0.717, 1.165) is 36.8 Å². The maximum absolute atomic E-state index is 13.0. The molecule has 0 saturated heterocycles. The second-order valence-electron chi connectivity index (χ2n) is 9.64. The van der Waals surface area contributed by atoms with Crippen LogP contribution in [0, 0.1) is 5.82 Å².